The molecule has 1 aliphatic rings. The van der Waals surface area contributed by atoms with E-state index < -0.39 is 0 Å². The van der Waals surface area contributed by atoms with Crippen LogP contribution in [-0.4, -0.2) is 32.9 Å². The van der Waals surface area contributed by atoms with Crippen molar-refractivity contribution in [2.45, 2.75) is 58.7 Å². The van der Waals surface area contributed by atoms with Crippen LogP contribution in [0, 0.1) is 13.8 Å². The molecular formula is C20H29N3O. The van der Waals surface area contributed by atoms with Crippen LogP contribution >= 0.6 is 0 Å². The van der Waals surface area contributed by atoms with E-state index in [1.165, 1.54) is 42.5 Å². The molecule has 0 radical (unpaired) electrons. The molecule has 0 amide bonds. The highest BCUT2D eigenvalue weighted by Gasteiger charge is 2.24. The average Bonchev–Trinajstić information content (AvgIpc) is 2.78. The summed E-state index contributed by atoms with van der Waals surface area (Å²) < 4.78 is 1.94. The van der Waals surface area contributed by atoms with Crippen molar-refractivity contribution in [3.05, 3.63) is 52.8 Å². The zero-order chi connectivity index (χ0) is 16.9. The van der Waals surface area contributed by atoms with Crippen molar-refractivity contribution < 1.29 is 5.11 Å². The van der Waals surface area contributed by atoms with Crippen LogP contribution in [0.2, 0.25) is 0 Å². The fraction of sp³-hybridized carbons (Fsp3) is 0.550. The van der Waals surface area contributed by atoms with E-state index in [1.807, 2.05) is 4.68 Å². The van der Waals surface area contributed by atoms with E-state index in [2.05, 4.69) is 54.2 Å². The van der Waals surface area contributed by atoms with Gasteiger partial charge in [-0.3, -0.25) is 9.58 Å². The molecule has 1 unspecified atom stereocenters. The molecule has 1 saturated heterocycles. The predicted octanol–water partition coefficient (Wildman–Crippen LogP) is 3.61. The standard InChI is InChI=1S/C20H29N3O/c1-16-19(17(2)23(21-16)13-14-24)15-22-12-8-4-7-11-20(22)18-9-5-3-6-10-18/h3,5-6,9-10,20,24H,4,7-8,11-15H2,1-2H3. The van der Waals surface area contributed by atoms with Gasteiger partial charge in [-0.2, -0.15) is 5.10 Å². The van der Waals surface area contributed by atoms with E-state index in [1.54, 1.807) is 0 Å². The lowest BCUT2D eigenvalue weighted by Gasteiger charge is -2.30. The molecule has 2 aromatic rings. The van der Waals surface area contributed by atoms with Gasteiger partial charge < -0.3 is 5.11 Å². The summed E-state index contributed by atoms with van der Waals surface area (Å²) >= 11 is 0. The highest BCUT2D eigenvalue weighted by atomic mass is 16.3. The van der Waals surface area contributed by atoms with Crippen molar-refractivity contribution in [2.75, 3.05) is 13.2 Å². The largest absolute Gasteiger partial charge is 0.394 e. The maximum absolute atomic E-state index is 9.22. The SMILES string of the molecule is Cc1nn(CCO)c(C)c1CN1CCCCCC1c1ccccc1. The van der Waals surface area contributed by atoms with Crippen LogP contribution in [0.3, 0.4) is 0 Å². The van der Waals surface area contributed by atoms with E-state index >= 15 is 0 Å². The van der Waals surface area contributed by atoms with E-state index in [4.69, 9.17) is 0 Å². The van der Waals surface area contributed by atoms with E-state index in [9.17, 15) is 5.11 Å². The third kappa shape index (κ3) is 3.70. The molecular weight excluding hydrogens is 298 g/mol. The quantitative estimate of drug-likeness (QED) is 0.912. The first kappa shape index (κ1) is 17.2. The van der Waals surface area contributed by atoms with Crippen molar-refractivity contribution in [3.63, 3.8) is 0 Å². The van der Waals surface area contributed by atoms with Gasteiger partial charge in [0.25, 0.3) is 0 Å². The summed E-state index contributed by atoms with van der Waals surface area (Å²) in [5, 5.41) is 13.8. The number of aryl methyl sites for hydroxylation is 1. The molecule has 2 heterocycles. The lowest BCUT2D eigenvalue weighted by atomic mass is 10.00. The second-order valence-corrected chi connectivity index (χ2v) is 6.84. The number of benzene rings is 1. The van der Waals surface area contributed by atoms with Crippen LogP contribution in [-0.2, 0) is 13.1 Å². The monoisotopic (exact) mass is 327 g/mol. The Hall–Kier alpha value is -1.65. The van der Waals surface area contributed by atoms with Gasteiger partial charge in [-0.25, -0.2) is 0 Å². The van der Waals surface area contributed by atoms with Gasteiger partial charge in [0.15, 0.2) is 0 Å². The number of aliphatic hydroxyl groups excluding tert-OH is 1. The van der Waals surface area contributed by atoms with Crippen molar-refractivity contribution in [3.8, 4) is 0 Å². The van der Waals surface area contributed by atoms with Crippen molar-refractivity contribution in [1.29, 1.82) is 0 Å². The van der Waals surface area contributed by atoms with E-state index in [0.717, 1.165) is 18.8 Å². The second-order valence-electron chi connectivity index (χ2n) is 6.84. The van der Waals surface area contributed by atoms with Gasteiger partial charge in [0, 0.05) is 23.8 Å². The smallest absolute Gasteiger partial charge is 0.0644 e. The molecule has 0 bridgehead atoms. The molecule has 1 aromatic heterocycles. The summed E-state index contributed by atoms with van der Waals surface area (Å²) in [5.41, 5.74) is 5.04. The summed E-state index contributed by atoms with van der Waals surface area (Å²) in [7, 11) is 0. The molecule has 1 atom stereocenters. The normalized spacial score (nSPS) is 19.4. The van der Waals surface area contributed by atoms with Gasteiger partial charge in [-0.15, -0.1) is 0 Å². The number of hydrogen-bond donors (Lipinski definition) is 1. The Morgan fingerprint density at radius 3 is 2.67 bits per heavy atom. The zero-order valence-electron chi connectivity index (χ0n) is 14.9. The lowest BCUT2D eigenvalue weighted by molar-refractivity contribution is 0.191. The molecule has 4 nitrogen and oxygen atoms in total. The number of aromatic nitrogens is 2. The minimum absolute atomic E-state index is 0.137. The third-order valence-electron chi connectivity index (χ3n) is 5.25. The van der Waals surface area contributed by atoms with Crippen molar-refractivity contribution in [2.24, 2.45) is 0 Å². The third-order valence-corrected chi connectivity index (χ3v) is 5.25. The molecule has 24 heavy (non-hydrogen) atoms. The Labute approximate surface area is 145 Å². The zero-order valence-corrected chi connectivity index (χ0v) is 14.9. The Morgan fingerprint density at radius 2 is 1.92 bits per heavy atom. The van der Waals surface area contributed by atoms with Crippen LogP contribution in [0.5, 0.6) is 0 Å². The summed E-state index contributed by atoms with van der Waals surface area (Å²) in [6, 6.07) is 11.4. The molecule has 0 spiro atoms. The highest BCUT2D eigenvalue weighted by molar-refractivity contribution is 5.26. The number of rotatable bonds is 5. The maximum atomic E-state index is 9.22. The molecule has 1 fully saturated rings. The Balaban J connectivity index is 1.86. The lowest BCUT2D eigenvalue weighted by Crippen LogP contribution is -2.28. The molecule has 0 saturated carbocycles. The summed E-state index contributed by atoms with van der Waals surface area (Å²) in [5.74, 6) is 0. The summed E-state index contributed by atoms with van der Waals surface area (Å²) in [6.07, 6.45) is 5.12. The fourth-order valence-corrected chi connectivity index (χ4v) is 3.89. The second kappa shape index (κ2) is 7.95. The molecule has 1 N–H and O–H groups in total. The van der Waals surface area contributed by atoms with Crippen LogP contribution in [0.25, 0.3) is 0 Å². The van der Waals surface area contributed by atoms with Gasteiger partial charge in [-0.05, 0) is 38.8 Å². The van der Waals surface area contributed by atoms with Crippen LogP contribution in [0.15, 0.2) is 30.3 Å². The predicted molar refractivity (Wildman–Crippen MR) is 96.8 cm³/mol. The number of nitrogens with zero attached hydrogens (tertiary/aromatic N) is 3. The van der Waals surface area contributed by atoms with Gasteiger partial charge in [0.2, 0.25) is 0 Å². The van der Waals surface area contributed by atoms with Crippen LogP contribution < -0.4 is 0 Å². The maximum Gasteiger partial charge on any atom is 0.0644 e. The van der Waals surface area contributed by atoms with Crippen molar-refractivity contribution in [1.82, 2.24) is 14.7 Å². The van der Waals surface area contributed by atoms with E-state index in [0.29, 0.717) is 12.6 Å². The minimum Gasteiger partial charge on any atom is -0.394 e. The number of hydrogen-bond acceptors (Lipinski definition) is 3. The minimum atomic E-state index is 0.137. The highest BCUT2D eigenvalue weighted by Crippen LogP contribution is 2.32. The topological polar surface area (TPSA) is 41.3 Å². The Morgan fingerprint density at radius 1 is 1.12 bits per heavy atom. The number of likely N-dealkylation sites (tertiary alicyclic amines) is 1. The van der Waals surface area contributed by atoms with Crippen molar-refractivity contribution >= 4 is 0 Å². The Kier molecular flexibility index (Phi) is 5.69. The van der Waals surface area contributed by atoms with Gasteiger partial charge in [-0.1, -0.05) is 43.2 Å². The van der Waals surface area contributed by atoms with Gasteiger partial charge in [0.05, 0.1) is 18.8 Å². The molecule has 0 aliphatic carbocycles. The van der Waals surface area contributed by atoms with E-state index in [-0.39, 0.29) is 6.61 Å². The van der Waals surface area contributed by atoms with Crippen LogP contribution in [0.1, 0.15) is 54.2 Å². The first-order valence-electron chi connectivity index (χ1n) is 9.13. The molecule has 130 valence electrons. The molecule has 1 aromatic carbocycles. The Bertz CT molecular complexity index is 650. The first-order chi connectivity index (χ1) is 11.7. The molecule has 1 aliphatic heterocycles. The summed E-state index contributed by atoms with van der Waals surface area (Å²) in [6.45, 7) is 7.02. The molecule has 3 rings (SSSR count). The summed E-state index contributed by atoms with van der Waals surface area (Å²) in [4.78, 5) is 2.63. The van der Waals surface area contributed by atoms with Gasteiger partial charge >= 0.3 is 0 Å². The van der Waals surface area contributed by atoms with Gasteiger partial charge in [0.1, 0.15) is 0 Å². The number of aliphatic hydroxyl groups is 1. The first-order valence-corrected chi connectivity index (χ1v) is 9.13. The fourth-order valence-electron chi connectivity index (χ4n) is 3.89. The average molecular weight is 327 g/mol. The van der Waals surface area contributed by atoms with Crippen LogP contribution in [0.4, 0.5) is 0 Å². The molecule has 4 heteroatoms.